The molecule has 0 spiro atoms. The molecule has 0 bridgehead atoms. The average molecular weight is 438 g/mol. The van der Waals surface area contributed by atoms with E-state index in [0.717, 1.165) is 11.1 Å². The number of nitrogens with one attached hydrogen (secondary N) is 1. The first-order chi connectivity index (χ1) is 14.6. The van der Waals surface area contributed by atoms with E-state index in [1.165, 1.54) is 0 Å². The summed E-state index contributed by atoms with van der Waals surface area (Å²) in [6.07, 6.45) is 3.40. The third-order valence-electron chi connectivity index (χ3n) is 4.92. The maximum atomic E-state index is 13.5. The first kappa shape index (κ1) is 20.4. The molecular formula is C23H20ClN3O2S. The van der Waals surface area contributed by atoms with Crippen molar-refractivity contribution < 1.29 is 9.59 Å². The highest BCUT2D eigenvalue weighted by atomic mass is 35.5. The third-order valence-corrected chi connectivity index (χ3v) is 6.57. The van der Waals surface area contributed by atoms with E-state index in [1.807, 2.05) is 42.5 Å². The van der Waals surface area contributed by atoms with Gasteiger partial charge in [0.2, 0.25) is 5.91 Å². The molecule has 4 rings (SSSR count). The molecular weight excluding hydrogens is 418 g/mol. The number of hydrogen-bond donors (Lipinski definition) is 1. The summed E-state index contributed by atoms with van der Waals surface area (Å²) in [5.41, 5.74) is 2.28. The molecule has 1 N–H and O–H groups in total. The fraction of sp³-hybridized carbons (Fsp3) is 0.174. The van der Waals surface area contributed by atoms with E-state index in [9.17, 15) is 9.59 Å². The number of halogens is 1. The smallest absolute Gasteiger partial charge is 0.257 e. The second-order valence-electron chi connectivity index (χ2n) is 6.88. The van der Waals surface area contributed by atoms with Gasteiger partial charge in [0, 0.05) is 24.7 Å². The molecule has 0 saturated carbocycles. The normalized spacial score (nSPS) is 18.2. The molecule has 30 heavy (non-hydrogen) atoms. The van der Waals surface area contributed by atoms with Crippen LogP contribution in [0.15, 0.2) is 79.1 Å². The zero-order chi connectivity index (χ0) is 20.9. The number of aromatic nitrogens is 1. The molecule has 2 heterocycles. The summed E-state index contributed by atoms with van der Waals surface area (Å²) in [5, 5.41) is 3.06. The number of carbonyl (C=O) groups excluding carboxylic acids is 2. The molecule has 1 saturated heterocycles. The summed E-state index contributed by atoms with van der Waals surface area (Å²) in [6.45, 7) is 0.359. The van der Waals surface area contributed by atoms with Gasteiger partial charge in [-0.1, -0.05) is 60.1 Å². The Kier molecular flexibility index (Phi) is 6.35. The molecule has 1 fully saturated rings. The highest BCUT2D eigenvalue weighted by Crippen LogP contribution is 2.42. The van der Waals surface area contributed by atoms with E-state index in [1.54, 1.807) is 53.3 Å². The van der Waals surface area contributed by atoms with Gasteiger partial charge in [0.05, 0.1) is 10.6 Å². The molecule has 3 aromatic rings. The van der Waals surface area contributed by atoms with Gasteiger partial charge in [0.25, 0.3) is 5.91 Å². The fourth-order valence-corrected chi connectivity index (χ4v) is 5.06. The lowest BCUT2D eigenvalue weighted by molar-refractivity contribution is -0.125. The van der Waals surface area contributed by atoms with Crippen LogP contribution in [0.2, 0.25) is 5.02 Å². The zero-order valence-electron chi connectivity index (χ0n) is 16.1. The van der Waals surface area contributed by atoms with E-state index in [2.05, 4.69) is 10.3 Å². The molecule has 1 aromatic heterocycles. The third kappa shape index (κ3) is 4.35. The van der Waals surface area contributed by atoms with Crippen LogP contribution in [0.5, 0.6) is 0 Å². The Morgan fingerprint density at radius 2 is 1.83 bits per heavy atom. The van der Waals surface area contributed by atoms with Gasteiger partial charge in [-0.05, 0) is 29.3 Å². The minimum atomic E-state index is -0.597. The van der Waals surface area contributed by atoms with Crippen molar-refractivity contribution in [2.24, 2.45) is 0 Å². The van der Waals surface area contributed by atoms with Crippen molar-refractivity contribution in [2.45, 2.75) is 18.0 Å². The average Bonchev–Trinajstić information content (AvgIpc) is 3.24. The first-order valence-electron chi connectivity index (χ1n) is 9.55. The van der Waals surface area contributed by atoms with Gasteiger partial charge in [0.15, 0.2) is 0 Å². The summed E-state index contributed by atoms with van der Waals surface area (Å²) in [6, 6.07) is 19.8. The molecule has 2 amide bonds. The molecule has 1 aliphatic rings. The van der Waals surface area contributed by atoms with Gasteiger partial charge < -0.3 is 10.2 Å². The van der Waals surface area contributed by atoms with Crippen molar-refractivity contribution in [3.63, 3.8) is 0 Å². The first-order valence-corrected chi connectivity index (χ1v) is 11.0. The van der Waals surface area contributed by atoms with Crippen LogP contribution in [-0.4, -0.2) is 33.5 Å². The minimum absolute atomic E-state index is 0.190. The summed E-state index contributed by atoms with van der Waals surface area (Å²) >= 11 is 7.88. The summed E-state index contributed by atoms with van der Waals surface area (Å²) < 4.78 is 0. The number of carbonyl (C=O) groups is 2. The zero-order valence-corrected chi connectivity index (χ0v) is 17.6. The van der Waals surface area contributed by atoms with Crippen LogP contribution in [0.25, 0.3) is 0 Å². The van der Waals surface area contributed by atoms with E-state index in [0.29, 0.717) is 22.9 Å². The molecule has 0 radical (unpaired) electrons. The Labute approximate surface area is 184 Å². The van der Waals surface area contributed by atoms with Crippen LogP contribution in [0.3, 0.4) is 0 Å². The fourth-order valence-electron chi connectivity index (χ4n) is 3.41. The maximum absolute atomic E-state index is 13.5. The van der Waals surface area contributed by atoms with Gasteiger partial charge in [-0.25, -0.2) is 0 Å². The standard InChI is InChI=1S/C23H20ClN3O2S/c24-19-11-5-4-10-18(19)22(29)27-20(15-30-23(27)17-8-2-1-3-9-17)21(28)26-14-16-7-6-12-25-13-16/h1-13,20,23H,14-15H2,(H,26,28). The Morgan fingerprint density at radius 1 is 1.07 bits per heavy atom. The lowest BCUT2D eigenvalue weighted by Gasteiger charge is -2.29. The van der Waals surface area contributed by atoms with Crippen LogP contribution in [0.1, 0.15) is 26.9 Å². The predicted octanol–water partition coefficient (Wildman–Crippen LogP) is 4.31. The van der Waals surface area contributed by atoms with Crippen LogP contribution < -0.4 is 5.32 Å². The van der Waals surface area contributed by atoms with Crippen LogP contribution in [0.4, 0.5) is 0 Å². The van der Waals surface area contributed by atoms with E-state index >= 15 is 0 Å². The van der Waals surface area contributed by atoms with Crippen molar-refractivity contribution in [1.82, 2.24) is 15.2 Å². The summed E-state index contributed by atoms with van der Waals surface area (Å²) in [7, 11) is 0. The lowest BCUT2D eigenvalue weighted by Crippen LogP contribution is -2.47. The van der Waals surface area contributed by atoms with E-state index in [-0.39, 0.29) is 17.2 Å². The number of benzene rings is 2. The van der Waals surface area contributed by atoms with Crippen molar-refractivity contribution >= 4 is 35.2 Å². The molecule has 2 unspecified atom stereocenters. The molecule has 2 aromatic carbocycles. The van der Waals surface area contributed by atoms with Gasteiger partial charge in [-0.3, -0.25) is 14.6 Å². The summed E-state index contributed by atoms with van der Waals surface area (Å²) in [4.78, 5) is 32.3. The second-order valence-corrected chi connectivity index (χ2v) is 8.40. The van der Waals surface area contributed by atoms with E-state index in [4.69, 9.17) is 11.6 Å². The molecule has 1 aliphatic heterocycles. The van der Waals surface area contributed by atoms with Crippen LogP contribution in [0, 0.1) is 0 Å². The molecule has 0 aliphatic carbocycles. The van der Waals surface area contributed by atoms with Gasteiger partial charge >= 0.3 is 0 Å². The Hall–Kier alpha value is -2.83. The van der Waals surface area contributed by atoms with Crippen LogP contribution >= 0.6 is 23.4 Å². The number of thioether (sulfide) groups is 1. The van der Waals surface area contributed by atoms with Crippen molar-refractivity contribution in [1.29, 1.82) is 0 Å². The highest BCUT2D eigenvalue weighted by molar-refractivity contribution is 7.99. The monoisotopic (exact) mass is 437 g/mol. The van der Waals surface area contributed by atoms with Crippen molar-refractivity contribution in [3.05, 3.63) is 101 Å². The number of nitrogens with zero attached hydrogens (tertiary/aromatic N) is 2. The second kappa shape index (κ2) is 9.32. The van der Waals surface area contributed by atoms with E-state index < -0.39 is 6.04 Å². The van der Waals surface area contributed by atoms with Gasteiger partial charge in [-0.15, -0.1) is 11.8 Å². The lowest BCUT2D eigenvalue weighted by atomic mass is 10.1. The summed E-state index contributed by atoms with van der Waals surface area (Å²) in [5.74, 6) is 0.0698. The molecule has 5 nitrogen and oxygen atoms in total. The number of amides is 2. The molecule has 2 atom stereocenters. The molecule has 152 valence electrons. The van der Waals surface area contributed by atoms with Crippen molar-refractivity contribution in [2.75, 3.05) is 5.75 Å². The Morgan fingerprint density at radius 3 is 2.57 bits per heavy atom. The quantitative estimate of drug-likeness (QED) is 0.646. The Bertz CT molecular complexity index is 1030. The molecule has 7 heteroatoms. The van der Waals surface area contributed by atoms with Gasteiger partial charge in [-0.2, -0.15) is 0 Å². The predicted molar refractivity (Wildman–Crippen MR) is 119 cm³/mol. The minimum Gasteiger partial charge on any atom is -0.350 e. The Balaban J connectivity index is 1.61. The number of rotatable bonds is 5. The van der Waals surface area contributed by atoms with Crippen LogP contribution in [-0.2, 0) is 11.3 Å². The highest BCUT2D eigenvalue weighted by Gasteiger charge is 2.42. The largest absolute Gasteiger partial charge is 0.350 e. The topological polar surface area (TPSA) is 62.3 Å². The number of hydrogen-bond acceptors (Lipinski definition) is 4. The maximum Gasteiger partial charge on any atom is 0.257 e. The van der Waals surface area contributed by atoms with Gasteiger partial charge in [0.1, 0.15) is 11.4 Å². The SMILES string of the molecule is O=C(NCc1cccnc1)C1CSC(c2ccccc2)N1C(=O)c1ccccc1Cl. The van der Waals surface area contributed by atoms with Crippen molar-refractivity contribution in [3.8, 4) is 0 Å². The number of pyridine rings is 1.